The van der Waals surface area contributed by atoms with Gasteiger partial charge in [0.05, 0.1) is 0 Å². The monoisotopic (exact) mass is 129 g/mol. The van der Waals surface area contributed by atoms with Crippen molar-refractivity contribution in [3.8, 4) is 0 Å². The number of hydrogen-bond donors (Lipinski definition) is 1. The van der Waals surface area contributed by atoms with E-state index in [0.717, 1.165) is 18.5 Å². The highest BCUT2D eigenvalue weighted by atomic mass is 16.5. The third kappa shape index (κ3) is 5.53. The van der Waals surface area contributed by atoms with Crippen LogP contribution in [0.2, 0.25) is 0 Å². The van der Waals surface area contributed by atoms with Gasteiger partial charge in [0, 0.05) is 13.1 Å². The molecule has 0 atom stereocenters. The summed E-state index contributed by atoms with van der Waals surface area (Å²) in [5, 5.41) is 10.3. The Hall–Kier alpha value is -0.340. The van der Waals surface area contributed by atoms with Crippen molar-refractivity contribution in [2.24, 2.45) is 0 Å². The highest BCUT2D eigenvalue weighted by molar-refractivity contribution is 4.89. The molecule has 0 aromatic carbocycles. The van der Waals surface area contributed by atoms with Gasteiger partial charge >= 0.3 is 0 Å². The maximum absolute atomic E-state index is 8.99. The van der Waals surface area contributed by atoms with Crippen LogP contribution in [0.15, 0.2) is 12.2 Å². The lowest BCUT2D eigenvalue weighted by Crippen LogP contribution is -2.21. The minimum Gasteiger partial charge on any atom is -0.314 e. The van der Waals surface area contributed by atoms with Gasteiger partial charge in [-0.2, -0.15) is 5.06 Å². The molecule has 0 saturated heterocycles. The minimum atomic E-state index is 0.591. The summed E-state index contributed by atoms with van der Waals surface area (Å²) in [6.45, 7) is 8.93. The second-order valence-corrected chi connectivity index (χ2v) is 2.35. The van der Waals surface area contributed by atoms with E-state index in [1.165, 1.54) is 5.06 Å². The molecule has 0 amide bonds. The first-order valence-electron chi connectivity index (χ1n) is 3.25. The molecule has 0 radical (unpaired) electrons. The van der Waals surface area contributed by atoms with E-state index in [0.29, 0.717) is 6.54 Å². The van der Waals surface area contributed by atoms with E-state index in [1.807, 2.05) is 13.8 Å². The van der Waals surface area contributed by atoms with Gasteiger partial charge in [0.1, 0.15) is 0 Å². The van der Waals surface area contributed by atoms with Crippen LogP contribution in [0.25, 0.3) is 0 Å². The van der Waals surface area contributed by atoms with Crippen molar-refractivity contribution >= 4 is 0 Å². The van der Waals surface area contributed by atoms with Gasteiger partial charge in [0.2, 0.25) is 0 Å². The predicted molar refractivity (Wildman–Crippen MR) is 38.5 cm³/mol. The predicted octanol–water partition coefficient (Wildman–Crippen LogP) is 1.66. The van der Waals surface area contributed by atoms with E-state index in [1.54, 1.807) is 0 Å². The molecule has 1 N–H and O–H groups in total. The van der Waals surface area contributed by atoms with Crippen LogP contribution in [-0.4, -0.2) is 23.4 Å². The van der Waals surface area contributed by atoms with E-state index < -0.39 is 0 Å². The summed E-state index contributed by atoms with van der Waals surface area (Å²) >= 11 is 0. The second kappa shape index (κ2) is 4.53. The highest BCUT2D eigenvalue weighted by Gasteiger charge is 1.95. The highest BCUT2D eigenvalue weighted by Crippen LogP contribution is 1.92. The van der Waals surface area contributed by atoms with Crippen LogP contribution in [0.1, 0.15) is 20.3 Å². The van der Waals surface area contributed by atoms with Gasteiger partial charge in [-0.25, -0.2) is 0 Å². The van der Waals surface area contributed by atoms with Crippen molar-refractivity contribution in [1.29, 1.82) is 0 Å². The summed E-state index contributed by atoms with van der Waals surface area (Å²) < 4.78 is 0. The molecule has 9 heavy (non-hydrogen) atoms. The molecule has 0 rings (SSSR count). The molecule has 54 valence electrons. The van der Waals surface area contributed by atoms with E-state index in [-0.39, 0.29) is 0 Å². The Morgan fingerprint density at radius 2 is 2.22 bits per heavy atom. The van der Waals surface area contributed by atoms with Crippen LogP contribution < -0.4 is 0 Å². The van der Waals surface area contributed by atoms with Crippen molar-refractivity contribution in [2.45, 2.75) is 20.3 Å². The van der Waals surface area contributed by atoms with Crippen LogP contribution in [0, 0.1) is 0 Å². The molecule has 0 spiro atoms. The van der Waals surface area contributed by atoms with Crippen molar-refractivity contribution in [2.75, 3.05) is 13.1 Å². The fourth-order valence-corrected chi connectivity index (χ4v) is 0.649. The fraction of sp³-hybridized carbons (Fsp3) is 0.714. The molecule has 0 aliphatic heterocycles. The van der Waals surface area contributed by atoms with E-state index >= 15 is 0 Å². The second-order valence-electron chi connectivity index (χ2n) is 2.35. The zero-order valence-corrected chi connectivity index (χ0v) is 6.22. The van der Waals surface area contributed by atoms with Gasteiger partial charge in [0.25, 0.3) is 0 Å². The average Bonchev–Trinajstić information content (AvgIpc) is 1.63. The normalized spacial score (nSPS) is 10.2. The van der Waals surface area contributed by atoms with Crippen LogP contribution in [-0.2, 0) is 0 Å². The van der Waals surface area contributed by atoms with Crippen LogP contribution in [0.4, 0.5) is 0 Å². The third-order valence-corrected chi connectivity index (χ3v) is 0.934. The molecule has 0 aromatic rings. The van der Waals surface area contributed by atoms with Crippen molar-refractivity contribution in [3.05, 3.63) is 12.2 Å². The topological polar surface area (TPSA) is 23.5 Å². The molecule has 2 nitrogen and oxygen atoms in total. The molecule has 0 fully saturated rings. The zero-order valence-electron chi connectivity index (χ0n) is 6.22. The Balaban J connectivity index is 3.26. The summed E-state index contributed by atoms with van der Waals surface area (Å²) in [6, 6.07) is 0. The van der Waals surface area contributed by atoms with Gasteiger partial charge in [-0.1, -0.05) is 19.1 Å². The average molecular weight is 129 g/mol. The molecule has 0 heterocycles. The Morgan fingerprint density at radius 1 is 1.67 bits per heavy atom. The quantitative estimate of drug-likeness (QED) is 0.461. The number of rotatable bonds is 4. The third-order valence-electron chi connectivity index (χ3n) is 0.934. The molecular formula is C7H15NO. The maximum atomic E-state index is 8.99. The van der Waals surface area contributed by atoms with E-state index in [4.69, 9.17) is 5.21 Å². The van der Waals surface area contributed by atoms with Crippen molar-refractivity contribution in [3.63, 3.8) is 0 Å². The maximum Gasteiger partial charge on any atom is 0.0443 e. The summed E-state index contributed by atoms with van der Waals surface area (Å²) in [4.78, 5) is 0. The SMILES string of the molecule is C=C(C)CN(O)CCC. The largest absolute Gasteiger partial charge is 0.314 e. The van der Waals surface area contributed by atoms with Gasteiger partial charge in [0.15, 0.2) is 0 Å². The summed E-state index contributed by atoms with van der Waals surface area (Å²) in [6.07, 6.45) is 0.976. The Morgan fingerprint density at radius 3 is 2.56 bits per heavy atom. The molecule has 0 saturated carbocycles. The van der Waals surface area contributed by atoms with Crippen LogP contribution in [0.5, 0.6) is 0 Å². The molecule has 0 aromatic heterocycles. The first-order valence-corrected chi connectivity index (χ1v) is 3.25. The van der Waals surface area contributed by atoms with Crippen molar-refractivity contribution < 1.29 is 5.21 Å². The molecule has 0 bridgehead atoms. The van der Waals surface area contributed by atoms with E-state index in [9.17, 15) is 0 Å². The Bertz CT molecular complexity index is 90.9. The van der Waals surface area contributed by atoms with Gasteiger partial charge in [-0.15, -0.1) is 0 Å². The molecule has 2 heteroatoms. The van der Waals surface area contributed by atoms with Gasteiger partial charge in [-0.05, 0) is 13.3 Å². The summed E-state index contributed by atoms with van der Waals surface area (Å²) in [7, 11) is 0. The van der Waals surface area contributed by atoms with Gasteiger partial charge in [-0.3, -0.25) is 0 Å². The number of nitrogens with zero attached hydrogens (tertiary/aromatic N) is 1. The lowest BCUT2D eigenvalue weighted by atomic mass is 10.3. The summed E-state index contributed by atoms with van der Waals surface area (Å²) in [5.74, 6) is 0. The molecule has 0 unspecified atom stereocenters. The lowest BCUT2D eigenvalue weighted by molar-refractivity contribution is -0.0818. The number of hydrogen-bond acceptors (Lipinski definition) is 2. The van der Waals surface area contributed by atoms with E-state index in [2.05, 4.69) is 6.58 Å². The smallest absolute Gasteiger partial charge is 0.0443 e. The first kappa shape index (κ1) is 8.66. The molecule has 0 aliphatic carbocycles. The van der Waals surface area contributed by atoms with Crippen molar-refractivity contribution in [1.82, 2.24) is 5.06 Å². The minimum absolute atomic E-state index is 0.591. The zero-order chi connectivity index (χ0) is 7.28. The molecular weight excluding hydrogens is 114 g/mol. The summed E-state index contributed by atoms with van der Waals surface area (Å²) in [5.41, 5.74) is 0.992. The first-order chi connectivity index (χ1) is 4.16. The standard InChI is InChI=1S/C7H15NO/c1-4-5-8(9)6-7(2)3/h9H,2,4-6H2,1,3H3. The van der Waals surface area contributed by atoms with Crippen LogP contribution in [0.3, 0.4) is 0 Å². The number of hydroxylamine groups is 2. The van der Waals surface area contributed by atoms with Gasteiger partial charge < -0.3 is 5.21 Å². The Kier molecular flexibility index (Phi) is 4.36. The molecule has 0 aliphatic rings. The lowest BCUT2D eigenvalue weighted by Gasteiger charge is -2.12. The Labute approximate surface area is 56.7 Å². The van der Waals surface area contributed by atoms with Crippen LogP contribution >= 0.6 is 0 Å². The fourth-order valence-electron chi connectivity index (χ4n) is 0.649.